The summed E-state index contributed by atoms with van der Waals surface area (Å²) in [7, 11) is 0. The monoisotopic (exact) mass is 320 g/mol. The maximum absolute atomic E-state index is 9.56. The molecule has 0 amide bonds. The summed E-state index contributed by atoms with van der Waals surface area (Å²) in [6.07, 6.45) is 4.37. The molecular weight excluding hydrogens is 292 g/mol. The Labute approximate surface area is 131 Å². The van der Waals surface area contributed by atoms with Gasteiger partial charge < -0.3 is 34.0 Å². The first kappa shape index (κ1) is 21.1. The van der Waals surface area contributed by atoms with Crippen molar-refractivity contribution < 1.29 is 34.0 Å². The molecule has 0 saturated carbocycles. The van der Waals surface area contributed by atoms with Crippen molar-refractivity contribution in [1.82, 2.24) is 0 Å². The Balaban J connectivity index is 0.000000311. The molecule has 2 saturated heterocycles. The predicted octanol–water partition coefficient (Wildman–Crippen LogP) is 0.452. The van der Waals surface area contributed by atoms with E-state index in [1.807, 2.05) is 6.92 Å². The number of carbonyl (C=O) groups is 2. The smallest absolute Gasteiger partial charge is 0.151 e. The zero-order valence-electron chi connectivity index (χ0n) is 13.2. The maximum atomic E-state index is 9.56. The van der Waals surface area contributed by atoms with Gasteiger partial charge in [0.25, 0.3) is 0 Å². The summed E-state index contributed by atoms with van der Waals surface area (Å²) >= 11 is 0. The van der Waals surface area contributed by atoms with Crippen LogP contribution in [0.5, 0.6) is 0 Å². The van der Waals surface area contributed by atoms with E-state index < -0.39 is 6.29 Å². The van der Waals surface area contributed by atoms with E-state index in [4.69, 9.17) is 24.4 Å². The lowest BCUT2D eigenvalue weighted by molar-refractivity contribution is -0.108. The van der Waals surface area contributed by atoms with E-state index in [-0.39, 0.29) is 0 Å². The Hall–Kier alpha value is -0.860. The normalized spacial score (nSPS) is 21.1. The van der Waals surface area contributed by atoms with Crippen LogP contribution in [-0.2, 0) is 23.8 Å². The number of aliphatic hydroxyl groups excluding tert-OH is 1. The molecule has 130 valence electrons. The number of hydrogen-bond acceptors (Lipinski definition) is 7. The molecule has 2 rings (SSSR count). The molecular formula is C15H28O7. The number of ether oxygens (including phenoxy) is 3. The molecule has 0 spiro atoms. The maximum Gasteiger partial charge on any atom is 0.151 e. The van der Waals surface area contributed by atoms with Crippen LogP contribution in [0.4, 0.5) is 0 Å². The van der Waals surface area contributed by atoms with Gasteiger partial charge in [0.2, 0.25) is 0 Å². The lowest BCUT2D eigenvalue weighted by Crippen LogP contribution is -2.06. The Morgan fingerprint density at radius 1 is 1.09 bits per heavy atom. The highest BCUT2D eigenvalue weighted by Crippen LogP contribution is 2.12. The molecule has 2 fully saturated rings. The minimum absolute atomic E-state index is 0.392. The van der Waals surface area contributed by atoms with Crippen molar-refractivity contribution in [3.8, 4) is 0 Å². The van der Waals surface area contributed by atoms with Gasteiger partial charge in [-0.3, -0.25) is 0 Å². The van der Waals surface area contributed by atoms with Crippen LogP contribution in [0.2, 0.25) is 0 Å². The average Bonchev–Trinajstić information content (AvgIpc) is 3.36. The topological polar surface area (TPSA) is 109 Å². The summed E-state index contributed by atoms with van der Waals surface area (Å²) < 4.78 is 15.1. The third kappa shape index (κ3) is 19.1. The first-order chi connectivity index (χ1) is 10.6. The summed E-state index contributed by atoms with van der Waals surface area (Å²) in [6.45, 7) is 5.16. The zero-order chi connectivity index (χ0) is 16.6. The number of aliphatic hydroxyl groups is 2. The van der Waals surface area contributed by atoms with E-state index in [2.05, 4.69) is 0 Å². The summed E-state index contributed by atoms with van der Waals surface area (Å²) in [5, 5.41) is 16.2. The fourth-order valence-electron chi connectivity index (χ4n) is 1.20. The molecule has 2 aliphatic rings. The van der Waals surface area contributed by atoms with Gasteiger partial charge >= 0.3 is 0 Å². The van der Waals surface area contributed by atoms with Crippen molar-refractivity contribution in [2.45, 2.75) is 57.5 Å². The summed E-state index contributed by atoms with van der Waals surface area (Å²) in [5.74, 6) is 0. The highest BCUT2D eigenvalue weighted by Gasteiger charge is 2.26. The second-order valence-electron chi connectivity index (χ2n) is 4.98. The molecule has 7 nitrogen and oxygen atoms in total. The van der Waals surface area contributed by atoms with Crippen LogP contribution >= 0.6 is 0 Å². The number of aldehydes is 2. The van der Waals surface area contributed by atoms with E-state index in [0.29, 0.717) is 37.9 Å². The molecule has 22 heavy (non-hydrogen) atoms. The van der Waals surface area contributed by atoms with Crippen molar-refractivity contribution in [2.24, 2.45) is 0 Å². The Bertz CT molecular complexity index is 243. The summed E-state index contributed by atoms with van der Waals surface area (Å²) in [5.41, 5.74) is 0. The average molecular weight is 320 g/mol. The van der Waals surface area contributed by atoms with Crippen LogP contribution in [0.1, 0.15) is 39.0 Å². The minimum Gasteiger partial charge on any atom is -0.376 e. The second-order valence-corrected chi connectivity index (χ2v) is 4.98. The van der Waals surface area contributed by atoms with Crippen LogP contribution in [0.3, 0.4) is 0 Å². The van der Waals surface area contributed by atoms with Crippen LogP contribution < -0.4 is 0 Å². The molecule has 2 atom stereocenters. The molecule has 0 bridgehead atoms. The SMILES string of the molecule is C(OCC1CO1)C1CO1.CCCC(O)O.O=CCCCC=O. The lowest BCUT2D eigenvalue weighted by Gasteiger charge is -1.95. The van der Waals surface area contributed by atoms with Crippen molar-refractivity contribution in [1.29, 1.82) is 0 Å². The second kappa shape index (κ2) is 15.1. The molecule has 2 unspecified atom stereocenters. The number of carbonyl (C=O) groups excluding carboxylic acids is 2. The van der Waals surface area contributed by atoms with Crippen molar-refractivity contribution in [3.05, 3.63) is 0 Å². The molecule has 7 heteroatoms. The minimum atomic E-state index is -1.10. The third-order valence-corrected chi connectivity index (χ3v) is 2.60. The van der Waals surface area contributed by atoms with Crippen LogP contribution in [-0.4, -0.2) is 67.7 Å². The molecule has 0 radical (unpaired) electrons. The van der Waals surface area contributed by atoms with Gasteiger partial charge in [0.15, 0.2) is 6.29 Å². The fourth-order valence-corrected chi connectivity index (χ4v) is 1.20. The number of unbranched alkanes of at least 4 members (excludes halogenated alkanes) is 2. The van der Waals surface area contributed by atoms with Gasteiger partial charge in [-0.05, 0) is 12.8 Å². The third-order valence-electron chi connectivity index (χ3n) is 2.60. The van der Waals surface area contributed by atoms with E-state index in [1.165, 1.54) is 0 Å². The standard InChI is InChI=1S/C6H10O3.C5H8O2.C4H10O2/c1(5-3-8-5)7-2-6-4-9-6;6-4-2-1-3-5-7;1-2-3-4(5)6/h5-6H,1-4H2;4-5H,1-3H2;4-6H,2-3H2,1H3. The Morgan fingerprint density at radius 3 is 1.77 bits per heavy atom. The molecule has 0 aromatic rings. The number of hydrogen-bond donors (Lipinski definition) is 2. The molecule has 0 aromatic heterocycles. The van der Waals surface area contributed by atoms with Gasteiger partial charge in [0.1, 0.15) is 24.8 Å². The van der Waals surface area contributed by atoms with E-state index in [1.54, 1.807) is 0 Å². The quantitative estimate of drug-likeness (QED) is 0.260. The van der Waals surface area contributed by atoms with Crippen molar-refractivity contribution >= 4 is 12.6 Å². The van der Waals surface area contributed by atoms with Gasteiger partial charge in [-0.2, -0.15) is 0 Å². The Morgan fingerprint density at radius 2 is 1.55 bits per heavy atom. The zero-order valence-corrected chi connectivity index (χ0v) is 13.2. The molecule has 0 aliphatic carbocycles. The Kier molecular flexibility index (Phi) is 14.5. The molecule has 2 heterocycles. The van der Waals surface area contributed by atoms with Crippen LogP contribution in [0.15, 0.2) is 0 Å². The first-order valence-electron chi connectivity index (χ1n) is 7.68. The van der Waals surface area contributed by atoms with Gasteiger partial charge in [-0.25, -0.2) is 0 Å². The first-order valence-corrected chi connectivity index (χ1v) is 7.68. The predicted molar refractivity (Wildman–Crippen MR) is 79.4 cm³/mol. The van der Waals surface area contributed by atoms with Gasteiger partial charge in [-0.1, -0.05) is 13.3 Å². The molecule has 2 aliphatic heterocycles. The number of epoxide rings is 2. The summed E-state index contributed by atoms with van der Waals surface area (Å²) in [6, 6.07) is 0. The van der Waals surface area contributed by atoms with Crippen molar-refractivity contribution in [3.63, 3.8) is 0 Å². The summed E-state index contributed by atoms with van der Waals surface area (Å²) in [4.78, 5) is 19.1. The lowest BCUT2D eigenvalue weighted by atomic mass is 10.3. The van der Waals surface area contributed by atoms with E-state index >= 15 is 0 Å². The van der Waals surface area contributed by atoms with E-state index in [9.17, 15) is 9.59 Å². The number of rotatable bonds is 10. The van der Waals surface area contributed by atoms with Gasteiger partial charge in [-0.15, -0.1) is 0 Å². The highest BCUT2D eigenvalue weighted by molar-refractivity contribution is 5.52. The largest absolute Gasteiger partial charge is 0.376 e. The van der Waals surface area contributed by atoms with Crippen LogP contribution in [0, 0.1) is 0 Å². The van der Waals surface area contributed by atoms with Gasteiger partial charge in [0, 0.05) is 12.8 Å². The van der Waals surface area contributed by atoms with Crippen LogP contribution in [0.25, 0.3) is 0 Å². The van der Waals surface area contributed by atoms with Gasteiger partial charge in [0.05, 0.1) is 26.4 Å². The van der Waals surface area contributed by atoms with Crippen molar-refractivity contribution in [2.75, 3.05) is 26.4 Å². The fraction of sp³-hybridized carbons (Fsp3) is 0.867. The molecule has 2 N–H and O–H groups in total. The molecule has 0 aromatic carbocycles. The highest BCUT2D eigenvalue weighted by atomic mass is 16.6. The van der Waals surface area contributed by atoms with E-state index in [0.717, 1.165) is 45.4 Å².